The largest absolute Gasteiger partial charge is 0.493 e. The molecule has 2 rings (SSSR count). The molecule has 0 spiro atoms. The molecule has 21 heavy (non-hydrogen) atoms. The molecule has 0 aliphatic rings. The van der Waals surface area contributed by atoms with Crippen molar-refractivity contribution < 1.29 is 14.3 Å². The maximum absolute atomic E-state index is 11.4. The van der Waals surface area contributed by atoms with Crippen LogP contribution in [0.5, 0.6) is 17.2 Å². The van der Waals surface area contributed by atoms with Crippen LogP contribution < -0.4 is 20.1 Å². The summed E-state index contributed by atoms with van der Waals surface area (Å²) >= 11 is 0. The molecule has 5 heteroatoms. The first-order valence-electron chi connectivity index (χ1n) is 6.54. The second-order valence-corrected chi connectivity index (χ2v) is 4.44. The van der Waals surface area contributed by atoms with Crippen molar-refractivity contribution in [3.8, 4) is 17.2 Å². The smallest absolute Gasteiger partial charge is 0.318 e. The van der Waals surface area contributed by atoms with Crippen LogP contribution in [0.1, 0.15) is 5.56 Å². The zero-order valence-electron chi connectivity index (χ0n) is 12.3. The second kappa shape index (κ2) is 6.65. The molecule has 0 radical (unpaired) electrons. The molecule has 5 nitrogen and oxygen atoms in total. The summed E-state index contributed by atoms with van der Waals surface area (Å²) < 4.78 is 11.2. The van der Waals surface area contributed by atoms with Gasteiger partial charge in [0.15, 0.2) is 11.5 Å². The molecule has 0 aliphatic heterocycles. The van der Waals surface area contributed by atoms with E-state index in [1.807, 2.05) is 43.3 Å². The van der Waals surface area contributed by atoms with Gasteiger partial charge in [0.2, 0.25) is 0 Å². The minimum absolute atomic E-state index is 0.284. The molecule has 110 valence electrons. The SMILES string of the molecule is CNC(=O)Nc1cc(C)c(Oc2ccccc2)c(OC)c1. The molecule has 0 aliphatic carbocycles. The second-order valence-electron chi connectivity index (χ2n) is 4.44. The van der Waals surface area contributed by atoms with Gasteiger partial charge in [-0.3, -0.25) is 0 Å². The molecule has 0 fully saturated rings. The Kier molecular flexibility index (Phi) is 4.66. The number of methoxy groups -OCH3 is 1. The number of para-hydroxylation sites is 1. The predicted molar refractivity (Wildman–Crippen MR) is 82.3 cm³/mol. The van der Waals surface area contributed by atoms with Gasteiger partial charge in [-0.05, 0) is 30.7 Å². The van der Waals surface area contributed by atoms with Crippen molar-refractivity contribution >= 4 is 11.7 Å². The van der Waals surface area contributed by atoms with Gasteiger partial charge in [-0.2, -0.15) is 0 Å². The van der Waals surface area contributed by atoms with E-state index in [-0.39, 0.29) is 6.03 Å². The highest BCUT2D eigenvalue weighted by molar-refractivity contribution is 5.89. The van der Waals surface area contributed by atoms with Gasteiger partial charge in [-0.25, -0.2) is 4.79 Å². The minimum Gasteiger partial charge on any atom is -0.493 e. The molecule has 0 atom stereocenters. The van der Waals surface area contributed by atoms with Crippen molar-refractivity contribution in [2.24, 2.45) is 0 Å². The maximum Gasteiger partial charge on any atom is 0.318 e. The van der Waals surface area contributed by atoms with Gasteiger partial charge in [-0.15, -0.1) is 0 Å². The first-order chi connectivity index (χ1) is 10.1. The van der Waals surface area contributed by atoms with E-state index in [4.69, 9.17) is 9.47 Å². The Morgan fingerprint density at radius 2 is 1.86 bits per heavy atom. The van der Waals surface area contributed by atoms with Crippen LogP contribution >= 0.6 is 0 Å². The van der Waals surface area contributed by atoms with Crippen molar-refractivity contribution in [2.45, 2.75) is 6.92 Å². The molecule has 0 aromatic heterocycles. The third-order valence-electron chi connectivity index (χ3n) is 2.91. The average Bonchev–Trinajstić information content (AvgIpc) is 2.50. The third-order valence-corrected chi connectivity index (χ3v) is 2.91. The molecule has 0 bridgehead atoms. The molecule has 0 unspecified atom stereocenters. The quantitative estimate of drug-likeness (QED) is 0.903. The van der Waals surface area contributed by atoms with Crippen LogP contribution in [0, 0.1) is 6.92 Å². The molecular weight excluding hydrogens is 268 g/mol. The fourth-order valence-electron chi connectivity index (χ4n) is 1.90. The number of anilines is 1. The van der Waals surface area contributed by atoms with E-state index in [0.29, 0.717) is 17.2 Å². The Balaban J connectivity index is 2.31. The van der Waals surface area contributed by atoms with Gasteiger partial charge in [0, 0.05) is 18.8 Å². The molecule has 2 aromatic rings. The average molecular weight is 286 g/mol. The van der Waals surface area contributed by atoms with Crippen molar-refractivity contribution in [1.29, 1.82) is 0 Å². The van der Waals surface area contributed by atoms with E-state index >= 15 is 0 Å². The molecule has 2 amide bonds. The third kappa shape index (κ3) is 3.66. The Morgan fingerprint density at radius 1 is 1.14 bits per heavy atom. The van der Waals surface area contributed by atoms with E-state index < -0.39 is 0 Å². The van der Waals surface area contributed by atoms with E-state index in [9.17, 15) is 4.79 Å². The number of amides is 2. The highest BCUT2D eigenvalue weighted by atomic mass is 16.5. The molecular formula is C16H18N2O3. The Hall–Kier alpha value is -2.69. The first kappa shape index (κ1) is 14.7. The summed E-state index contributed by atoms with van der Waals surface area (Å²) in [6.07, 6.45) is 0. The fourth-order valence-corrected chi connectivity index (χ4v) is 1.90. The number of rotatable bonds is 4. The lowest BCUT2D eigenvalue weighted by atomic mass is 10.1. The number of hydrogen-bond acceptors (Lipinski definition) is 3. The lowest BCUT2D eigenvalue weighted by Gasteiger charge is -2.15. The summed E-state index contributed by atoms with van der Waals surface area (Å²) in [7, 11) is 3.13. The first-order valence-corrected chi connectivity index (χ1v) is 6.54. The fraction of sp³-hybridized carbons (Fsp3) is 0.188. The van der Waals surface area contributed by atoms with Crippen LogP contribution in [0.4, 0.5) is 10.5 Å². The van der Waals surface area contributed by atoms with E-state index in [2.05, 4.69) is 10.6 Å². The van der Waals surface area contributed by atoms with Gasteiger partial charge in [-0.1, -0.05) is 18.2 Å². The number of ether oxygens (including phenoxy) is 2. The Bertz CT molecular complexity index is 627. The maximum atomic E-state index is 11.4. The summed E-state index contributed by atoms with van der Waals surface area (Å²) in [4.78, 5) is 11.4. The lowest BCUT2D eigenvalue weighted by Crippen LogP contribution is -2.24. The van der Waals surface area contributed by atoms with Crippen LogP contribution in [0.2, 0.25) is 0 Å². The number of hydrogen-bond donors (Lipinski definition) is 2. The number of carbonyl (C=O) groups is 1. The van der Waals surface area contributed by atoms with Gasteiger partial charge in [0.05, 0.1) is 7.11 Å². The molecule has 2 N–H and O–H groups in total. The molecule has 2 aromatic carbocycles. The number of carbonyl (C=O) groups excluding carboxylic acids is 1. The van der Waals surface area contributed by atoms with Gasteiger partial charge in [0.25, 0.3) is 0 Å². The van der Waals surface area contributed by atoms with Crippen molar-refractivity contribution in [3.63, 3.8) is 0 Å². The number of urea groups is 1. The minimum atomic E-state index is -0.284. The van der Waals surface area contributed by atoms with Crippen LogP contribution in [-0.4, -0.2) is 20.2 Å². The summed E-state index contributed by atoms with van der Waals surface area (Å²) in [5.74, 6) is 1.92. The van der Waals surface area contributed by atoms with Crippen LogP contribution in [0.25, 0.3) is 0 Å². The number of nitrogens with one attached hydrogen (secondary N) is 2. The number of benzene rings is 2. The van der Waals surface area contributed by atoms with Crippen LogP contribution in [-0.2, 0) is 0 Å². The zero-order valence-corrected chi connectivity index (χ0v) is 12.3. The van der Waals surface area contributed by atoms with Crippen LogP contribution in [0.3, 0.4) is 0 Å². The summed E-state index contributed by atoms with van der Waals surface area (Å²) in [6.45, 7) is 1.90. The molecule has 0 heterocycles. The van der Waals surface area contributed by atoms with Gasteiger partial charge < -0.3 is 20.1 Å². The number of aryl methyl sites for hydroxylation is 1. The van der Waals surface area contributed by atoms with E-state index in [0.717, 1.165) is 11.3 Å². The van der Waals surface area contributed by atoms with Gasteiger partial charge >= 0.3 is 6.03 Å². The summed E-state index contributed by atoms with van der Waals surface area (Å²) in [5.41, 5.74) is 1.51. The van der Waals surface area contributed by atoms with E-state index in [1.54, 1.807) is 20.2 Å². The van der Waals surface area contributed by atoms with Crippen molar-refractivity contribution in [2.75, 3.05) is 19.5 Å². The zero-order chi connectivity index (χ0) is 15.2. The Morgan fingerprint density at radius 3 is 2.48 bits per heavy atom. The van der Waals surface area contributed by atoms with Crippen LogP contribution in [0.15, 0.2) is 42.5 Å². The topological polar surface area (TPSA) is 59.6 Å². The molecule has 0 saturated carbocycles. The molecule has 0 saturated heterocycles. The van der Waals surface area contributed by atoms with E-state index in [1.165, 1.54) is 0 Å². The van der Waals surface area contributed by atoms with Gasteiger partial charge in [0.1, 0.15) is 5.75 Å². The highest BCUT2D eigenvalue weighted by Crippen LogP contribution is 2.37. The Labute approximate surface area is 123 Å². The monoisotopic (exact) mass is 286 g/mol. The van der Waals surface area contributed by atoms with Crippen molar-refractivity contribution in [1.82, 2.24) is 5.32 Å². The highest BCUT2D eigenvalue weighted by Gasteiger charge is 2.12. The summed E-state index contributed by atoms with van der Waals surface area (Å²) in [6, 6.07) is 12.7. The summed E-state index contributed by atoms with van der Waals surface area (Å²) in [5, 5.41) is 5.22. The lowest BCUT2D eigenvalue weighted by molar-refractivity contribution is 0.254. The standard InChI is InChI=1S/C16H18N2O3/c1-11-9-12(18-16(19)17-2)10-14(20-3)15(11)21-13-7-5-4-6-8-13/h4-10H,1-3H3,(H2,17,18,19). The van der Waals surface area contributed by atoms with Crippen molar-refractivity contribution in [3.05, 3.63) is 48.0 Å². The predicted octanol–water partition coefficient (Wildman–Crippen LogP) is 3.55. The normalized spacial score (nSPS) is 9.86.